The van der Waals surface area contributed by atoms with E-state index in [0.717, 1.165) is 0 Å². The molecule has 0 N–H and O–H groups in total. The average molecular weight is 727 g/mol. The van der Waals surface area contributed by atoms with Crippen LogP contribution in [0.5, 0.6) is 0 Å². The van der Waals surface area contributed by atoms with Crippen LogP contribution in [0.25, 0.3) is 86.9 Å². The second-order valence-corrected chi connectivity index (χ2v) is 16.2. The molecule has 0 saturated heterocycles. The molecule has 0 fully saturated rings. The maximum absolute atomic E-state index is 2.42. The van der Waals surface area contributed by atoms with Crippen molar-refractivity contribution < 1.29 is 0 Å². The van der Waals surface area contributed by atoms with Crippen LogP contribution < -0.4 is 0 Å². The van der Waals surface area contributed by atoms with E-state index in [4.69, 9.17) is 0 Å². The maximum Gasteiger partial charge on any atom is 0.0740 e. The Bertz CT molecular complexity index is 3150. The monoisotopic (exact) mass is 726 g/mol. The summed E-state index contributed by atoms with van der Waals surface area (Å²) in [5.74, 6) is 0. The minimum absolute atomic E-state index is 0.385. The van der Waals surface area contributed by atoms with Crippen molar-refractivity contribution in [3.63, 3.8) is 0 Å². The van der Waals surface area contributed by atoms with Crippen LogP contribution in [0.4, 0.5) is 0 Å². The first-order valence-electron chi connectivity index (χ1n) is 19.4. The fourth-order valence-corrected chi connectivity index (χ4v) is 11.2. The van der Waals surface area contributed by atoms with Crippen molar-refractivity contribution >= 4 is 32.2 Å². The van der Waals surface area contributed by atoms with Gasteiger partial charge in [0.15, 0.2) is 0 Å². The van der Waals surface area contributed by atoms with Gasteiger partial charge in [-0.1, -0.05) is 170 Å². The van der Waals surface area contributed by atoms with Crippen LogP contribution in [0.15, 0.2) is 206 Å². The highest BCUT2D eigenvalue weighted by molar-refractivity contribution is 7.22. The summed E-state index contributed by atoms with van der Waals surface area (Å²) in [6.07, 6.45) is 0. The highest BCUT2D eigenvalue weighted by Gasteiger charge is 2.53. The molecule has 0 unspecified atom stereocenters. The first-order valence-corrected chi connectivity index (χ1v) is 20.2. The molecule has 0 radical (unpaired) electrons. The van der Waals surface area contributed by atoms with E-state index in [1.54, 1.807) is 0 Å². The van der Waals surface area contributed by atoms with Crippen molar-refractivity contribution in [1.82, 2.24) is 0 Å². The van der Waals surface area contributed by atoms with Gasteiger partial charge >= 0.3 is 0 Å². The molecule has 1 spiro atoms. The van der Waals surface area contributed by atoms with Gasteiger partial charge in [-0.2, -0.15) is 0 Å². The second kappa shape index (κ2) is 12.1. The van der Waals surface area contributed by atoms with E-state index in [9.17, 15) is 0 Å². The minimum atomic E-state index is -0.385. The molecular weight excluding hydrogens is 693 g/mol. The number of hydrogen-bond donors (Lipinski definition) is 0. The molecule has 2 aliphatic carbocycles. The van der Waals surface area contributed by atoms with E-state index < -0.39 is 0 Å². The highest BCUT2D eigenvalue weighted by atomic mass is 32.1. The van der Waals surface area contributed by atoms with E-state index in [1.807, 2.05) is 11.3 Å². The Morgan fingerprint density at radius 3 is 1.64 bits per heavy atom. The number of thiophene rings is 1. The molecule has 0 amide bonds. The van der Waals surface area contributed by atoms with Crippen LogP contribution >= 0.6 is 11.3 Å². The van der Waals surface area contributed by atoms with E-state index in [2.05, 4.69) is 206 Å². The van der Waals surface area contributed by atoms with Crippen molar-refractivity contribution in [2.24, 2.45) is 0 Å². The third-order valence-electron chi connectivity index (χ3n) is 12.2. The molecule has 1 heterocycles. The Kier molecular flexibility index (Phi) is 6.82. The van der Waals surface area contributed by atoms with Gasteiger partial charge in [-0.05, 0) is 130 Å². The van der Waals surface area contributed by atoms with Crippen LogP contribution in [-0.4, -0.2) is 0 Å². The average Bonchev–Trinajstić information content (AvgIpc) is 3.90. The number of rotatable bonds is 4. The Labute approximate surface area is 330 Å². The van der Waals surface area contributed by atoms with Crippen LogP contribution in [0, 0.1) is 0 Å². The summed E-state index contributed by atoms with van der Waals surface area (Å²) in [6, 6.07) is 76.8. The molecule has 0 bridgehead atoms. The number of benzene rings is 9. The zero-order valence-corrected chi connectivity index (χ0v) is 31.4. The molecule has 0 atom stereocenters. The second-order valence-electron chi connectivity index (χ2n) is 15.2. The summed E-state index contributed by atoms with van der Waals surface area (Å²) in [5.41, 5.74) is 19.0. The van der Waals surface area contributed by atoms with Crippen molar-refractivity contribution in [3.8, 4) is 66.1 Å². The predicted octanol–water partition coefficient (Wildman–Crippen LogP) is 15.1. The van der Waals surface area contributed by atoms with Gasteiger partial charge in [-0.3, -0.25) is 0 Å². The first kappa shape index (κ1) is 31.5. The third kappa shape index (κ3) is 4.47. The predicted molar refractivity (Wildman–Crippen MR) is 237 cm³/mol. The van der Waals surface area contributed by atoms with E-state index >= 15 is 0 Å². The van der Waals surface area contributed by atoms with E-state index in [-0.39, 0.29) is 5.41 Å². The molecule has 10 aromatic rings. The molecule has 1 aromatic heterocycles. The molecular formula is C55H34S. The number of fused-ring (bicyclic) bond motifs is 13. The molecule has 0 saturated carbocycles. The molecule has 56 heavy (non-hydrogen) atoms. The summed E-state index contributed by atoms with van der Waals surface area (Å²) < 4.78 is 1.34. The van der Waals surface area contributed by atoms with Gasteiger partial charge in [0, 0.05) is 15.1 Å². The summed E-state index contributed by atoms with van der Waals surface area (Å²) in [5, 5.41) is 3.86. The Morgan fingerprint density at radius 2 is 0.857 bits per heavy atom. The van der Waals surface area contributed by atoms with Crippen LogP contribution in [0.1, 0.15) is 22.3 Å². The maximum atomic E-state index is 2.42. The van der Waals surface area contributed by atoms with Gasteiger partial charge < -0.3 is 0 Å². The lowest BCUT2D eigenvalue weighted by Gasteiger charge is -2.30. The molecule has 0 nitrogen and oxygen atoms in total. The SMILES string of the molecule is c1ccc(-c2cc(-c3cccc(-c4cccc5c4-c4sc6ccccc6c4C54c5ccccc5-c5ccccc54)c3)cc(-c3ccc4ccccc4c3)c2)cc1. The fourth-order valence-electron chi connectivity index (χ4n) is 9.87. The Balaban J connectivity index is 1.08. The van der Waals surface area contributed by atoms with Crippen LogP contribution in [0.3, 0.4) is 0 Å². The normalized spacial score (nSPS) is 13.1. The standard InChI is InChI=1S/C55H34S/c1-2-14-35(15-3-1)41-32-42(34-43(33-41)39-29-28-36-16-4-5-17-37(36)30-39)38-18-12-19-40(31-38)44-23-13-26-50-52(44)54-53(47-22-8-11-27-51(47)56-54)55(50)48-24-9-6-20-45(48)46-21-7-10-25-49(46)55/h1-34H. The molecule has 0 aliphatic heterocycles. The summed E-state index contributed by atoms with van der Waals surface area (Å²) in [7, 11) is 0. The zero-order chi connectivity index (χ0) is 36.8. The van der Waals surface area contributed by atoms with Crippen molar-refractivity contribution in [2.75, 3.05) is 0 Å². The largest absolute Gasteiger partial charge is 0.135 e. The van der Waals surface area contributed by atoms with Crippen LogP contribution in [0.2, 0.25) is 0 Å². The van der Waals surface area contributed by atoms with Gasteiger partial charge in [0.1, 0.15) is 0 Å². The Hall–Kier alpha value is -6.80. The van der Waals surface area contributed by atoms with Crippen molar-refractivity contribution in [2.45, 2.75) is 5.41 Å². The van der Waals surface area contributed by atoms with E-state index in [0.29, 0.717) is 0 Å². The molecule has 1 heteroatoms. The van der Waals surface area contributed by atoms with Crippen LogP contribution in [-0.2, 0) is 5.41 Å². The van der Waals surface area contributed by atoms with Gasteiger partial charge in [0.2, 0.25) is 0 Å². The summed E-state index contributed by atoms with van der Waals surface area (Å²) in [6.45, 7) is 0. The fraction of sp³-hybridized carbons (Fsp3) is 0.0182. The number of hydrogen-bond acceptors (Lipinski definition) is 1. The first-order chi connectivity index (χ1) is 27.8. The quantitative estimate of drug-likeness (QED) is 0.169. The Morgan fingerprint density at radius 1 is 0.321 bits per heavy atom. The minimum Gasteiger partial charge on any atom is -0.135 e. The van der Waals surface area contributed by atoms with E-state index in [1.165, 1.54) is 109 Å². The molecule has 2 aliphatic rings. The lowest BCUT2D eigenvalue weighted by molar-refractivity contribution is 0.803. The molecule has 12 rings (SSSR count). The van der Waals surface area contributed by atoms with Gasteiger partial charge in [-0.25, -0.2) is 0 Å². The van der Waals surface area contributed by atoms with Gasteiger partial charge in [-0.15, -0.1) is 11.3 Å². The van der Waals surface area contributed by atoms with Gasteiger partial charge in [0.05, 0.1) is 5.41 Å². The summed E-state index contributed by atoms with van der Waals surface area (Å²) in [4.78, 5) is 1.39. The lowest BCUT2D eigenvalue weighted by Crippen LogP contribution is -2.25. The molecule has 9 aromatic carbocycles. The van der Waals surface area contributed by atoms with Crippen molar-refractivity contribution in [1.29, 1.82) is 0 Å². The smallest absolute Gasteiger partial charge is 0.0740 e. The topological polar surface area (TPSA) is 0 Å². The van der Waals surface area contributed by atoms with Crippen molar-refractivity contribution in [3.05, 3.63) is 229 Å². The highest BCUT2D eigenvalue weighted by Crippen LogP contribution is 2.67. The lowest BCUT2D eigenvalue weighted by atomic mass is 9.70. The third-order valence-corrected chi connectivity index (χ3v) is 13.4. The summed E-state index contributed by atoms with van der Waals surface area (Å²) >= 11 is 1.95. The molecule has 260 valence electrons. The van der Waals surface area contributed by atoms with Gasteiger partial charge in [0.25, 0.3) is 0 Å². The zero-order valence-electron chi connectivity index (χ0n) is 30.5.